The molecular weight excluding hydrogens is 483 g/mol. The molecular formula is C22H16Cl2N6O4. The topological polar surface area (TPSA) is 120 Å². The van der Waals surface area contributed by atoms with Crippen molar-refractivity contribution in [2.24, 2.45) is 0 Å². The molecule has 0 spiro atoms. The first-order valence-electron chi connectivity index (χ1n) is 9.86. The maximum atomic E-state index is 11.7. The fourth-order valence-corrected chi connectivity index (χ4v) is 4.04. The van der Waals surface area contributed by atoms with Gasteiger partial charge in [-0.1, -0.05) is 29.3 Å². The molecule has 0 saturated heterocycles. The van der Waals surface area contributed by atoms with Crippen LogP contribution in [-0.4, -0.2) is 38.8 Å². The van der Waals surface area contributed by atoms with Gasteiger partial charge < -0.3 is 19.2 Å². The Morgan fingerprint density at radius 1 is 1.12 bits per heavy atom. The Balaban J connectivity index is 1.84. The molecule has 0 amide bonds. The second-order valence-electron chi connectivity index (χ2n) is 6.99. The highest BCUT2D eigenvalue weighted by atomic mass is 35.5. The molecule has 5 rings (SSSR count). The quantitative estimate of drug-likeness (QED) is 0.342. The fraction of sp³-hybridized carbons (Fsp3) is 0.0909. The third kappa shape index (κ3) is 3.72. The molecule has 172 valence electrons. The number of imidazole rings is 1. The summed E-state index contributed by atoms with van der Waals surface area (Å²) in [5.74, 6) is 1.09. The summed E-state index contributed by atoms with van der Waals surface area (Å²) in [6.45, 7) is 0. The standard InChI is InChI=1S/C22H16Cl2N6O4/c1-32-11-9-12(20-28-29-22(31)34-20)16(15(10-11)33-2)18-19(30-8-4-7-25-21(30)27-18)26-17-13(23)5-3-6-14(17)24/h3-10,26H,1-2H3,(H,29,31). The van der Waals surface area contributed by atoms with E-state index in [1.54, 1.807) is 53.2 Å². The summed E-state index contributed by atoms with van der Waals surface area (Å²) in [4.78, 5) is 20.8. The second-order valence-corrected chi connectivity index (χ2v) is 7.81. The average molecular weight is 499 g/mol. The number of para-hydroxylation sites is 1. The van der Waals surface area contributed by atoms with E-state index in [0.29, 0.717) is 55.6 Å². The van der Waals surface area contributed by atoms with E-state index in [1.165, 1.54) is 14.2 Å². The molecule has 0 aliphatic rings. The average Bonchev–Trinajstić information content (AvgIpc) is 3.44. The largest absolute Gasteiger partial charge is 0.497 e. The van der Waals surface area contributed by atoms with E-state index in [0.717, 1.165) is 0 Å². The zero-order valence-electron chi connectivity index (χ0n) is 17.8. The molecule has 0 bridgehead atoms. The van der Waals surface area contributed by atoms with Crippen LogP contribution in [0.5, 0.6) is 11.5 Å². The van der Waals surface area contributed by atoms with E-state index in [-0.39, 0.29) is 5.89 Å². The van der Waals surface area contributed by atoms with Gasteiger partial charge in [0.15, 0.2) is 0 Å². The van der Waals surface area contributed by atoms with E-state index < -0.39 is 5.76 Å². The first-order valence-corrected chi connectivity index (χ1v) is 10.6. The van der Waals surface area contributed by atoms with Gasteiger partial charge in [0, 0.05) is 18.5 Å². The van der Waals surface area contributed by atoms with Gasteiger partial charge in [-0.15, -0.1) is 5.10 Å². The Kier molecular flexibility index (Phi) is 5.60. The molecule has 5 aromatic rings. The molecule has 0 fully saturated rings. The normalized spacial score (nSPS) is 11.1. The molecule has 0 aliphatic heterocycles. The van der Waals surface area contributed by atoms with Crippen molar-refractivity contribution in [3.05, 3.63) is 69.4 Å². The number of benzene rings is 2. The van der Waals surface area contributed by atoms with Crippen molar-refractivity contribution < 1.29 is 13.9 Å². The molecule has 0 atom stereocenters. The molecule has 0 unspecified atom stereocenters. The molecule has 10 nitrogen and oxygen atoms in total. The molecule has 0 saturated carbocycles. The van der Waals surface area contributed by atoms with E-state index in [4.69, 9.17) is 42.1 Å². The predicted molar refractivity (Wildman–Crippen MR) is 127 cm³/mol. The van der Waals surface area contributed by atoms with E-state index in [2.05, 4.69) is 20.5 Å². The van der Waals surface area contributed by atoms with Crippen molar-refractivity contribution in [2.75, 3.05) is 19.5 Å². The summed E-state index contributed by atoms with van der Waals surface area (Å²) in [7, 11) is 3.02. The zero-order valence-corrected chi connectivity index (χ0v) is 19.3. The number of rotatable bonds is 6. The number of hydrogen-bond acceptors (Lipinski definition) is 8. The number of ether oxygens (including phenoxy) is 2. The van der Waals surface area contributed by atoms with Crippen molar-refractivity contribution in [1.82, 2.24) is 24.6 Å². The highest BCUT2D eigenvalue weighted by Crippen LogP contribution is 2.45. The Hall–Kier alpha value is -4.02. The van der Waals surface area contributed by atoms with Crippen LogP contribution in [0.2, 0.25) is 10.0 Å². The minimum Gasteiger partial charge on any atom is -0.497 e. The van der Waals surface area contributed by atoms with Crippen LogP contribution < -0.4 is 20.5 Å². The lowest BCUT2D eigenvalue weighted by molar-refractivity contribution is 0.395. The van der Waals surface area contributed by atoms with Gasteiger partial charge in [0.1, 0.15) is 23.0 Å². The van der Waals surface area contributed by atoms with Crippen LogP contribution in [0.3, 0.4) is 0 Å². The van der Waals surface area contributed by atoms with Crippen LogP contribution in [0.15, 0.2) is 58.0 Å². The molecule has 0 radical (unpaired) electrons. The molecule has 3 heterocycles. The molecule has 3 aromatic heterocycles. The van der Waals surface area contributed by atoms with Crippen LogP contribution in [0.25, 0.3) is 28.5 Å². The summed E-state index contributed by atoms with van der Waals surface area (Å²) in [6.07, 6.45) is 3.41. The van der Waals surface area contributed by atoms with Gasteiger partial charge in [0.05, 0.1) is 41.1 Å². The van der Waals surface area contributed by atoms with E-state index in [9.17, 15) is 4.79 Å². The first kappa shape index (κ1) is 21.8. The number of halogens is 2. The SMILES string of the molecule is COc1cc(OC)c(-c2nc3ncccn3c2Nc2c(Cl)cccc2Cl)c(-c2n[nH]c(=O)o2)c1. The van der Waals surface area contributed by atoms with Gasteiger partial charge in [0.25, 0.3) is 0 Å². The third-order valence-corrected chi connectivity index (χ3v) is 5.68. The Labute approximate surface area is 202 Å². The number of methoxy groups -OCH3 is 2. The summed E-state index contributed by atoms with van der Waals surface area (Å²) in [6, 6.07) is 10.3. The first-order chi connectivity index (χ1) is 16.5. The number of nitrogens with zero attached hydrogens (tertiary/aromatic N) is 4. The van der Waals surface area contributed by atoms with Gasteiger partial charge in [0.2, 0.25) is 11.7 Å². The smallest absolute Gasteiger partial charge is 0.434 e. The molecule has 0 aliphatic carbocycles. The monoisotopic (exact) mass is 498 g/mol. The minimum absolute atomic E-state index is 0.0314. The maximum Gasteiger partial charge on any atom is 0.434 e. The van der Waals surface area contributed by atoms with Gasteiger partial charge in [-0.05, 0) is 24.3 Å². The van der Waals surface area contributed by atoms with Crippen molar-refractivity contribution in [2.45, 2.75) is 0 Å². The van der Waals surface area contributed by atoms with Crippen LogP contribution in [0.4, 0.5) is 11.5 Å². The van der Waals surface area contributed by atoms with Gasteiger partial charge >= 0.3 is 5.76 Å². The van der Waals surface area contributed by atoms with E-state index in [1.807, 2.05) is 0 Å². The Morgan fingerprint density at radius 3 is 2.59 bits per heavy atom. The minimum atomic E-state index is -0.708. The summed E-state index contributed by atoms with van der Waals surface area (Å²) >= 11 is 12.9. The number of aromatic amines is 1. The highest BCUT2D eigenvalue weighted by molar-refractivity contribution is 6.39. The van der Waals surface area contributed by atoms with Crippen molar-refractivity contribution in [1.29, 1.82) is 0 Å². The maximum absolute atomic E-state index is 11.7. The predicted octanol–water partition coefficient (Wildman–Crippen LogP) is 4.81. The Morgan fingerprint density at radius 2 is 1.91 bits per heavy atom. The van der Waals surface area contributed by atoms with Crippen molar-refractivity contribution >= 4 is 40.5 Å². The molecule has 34 heavy (non-hydrogen) atoms. The summed E-state index contributed by atoms with van der Waals surface area (Å²) in [5.41, 5.74) is 1.80. The fourth-order valence-electron chi connectivity index (χ4n) is 3.54. The van der Waals surface area contributed by atoms with Crippen LogP contribution in [-0.2, 0) is 0 Å². The lowest BCUT2D eigenvalue weighted by atomic mass is 10.0. The zero-order chi connectivity index (χ0) is 23.8. The van der Waals surface area contributed by atoms with Crippen LogP contribution >= 0.6 is 23.2 Å². The van der Waals surface area contributed by atoms with Crippen LogP contribution in [0.1, 0.15) is 0 Å². The van der Waals surface area contributed by atoms with Crippen LogP contribution in [0, 0.1) is 0 Å². The van der Waals surface area contributed by atoms with Gasteiger partial charge in [-0.2, -0.15) is 0 Å². The number of anilines is 2. The molecule has 2 aromatic carbocycles. The number of H-pyrrole nitrogens is 1. The van der Waals surface area contributed by atoms with Gasteiger partial charge in [-0.3, -0.25) is 4.40 Å². The number of hydrogen-bond donors (Lipinski definition) is 2. The third-order valence-electron chi connectivity index (χ3n) is 5.05. The number of nitrogens with one attached hydrogen (secondary N) is 2. The van der Waals surface area contributed by atoms with Crippen molar-refractivity contribution in [3.63, 3.8) is 0 Å². The molecule has 2 N–H and O–H groups in total. The lowest BCUT2D eigenvalue weighted by Crippen LogP contribution is -2.01. The van der Waals surface area contributed by atoms with Gasteiger partial charge in [-0.25, -0.2) is 19.9 Å². The number of fused-ring (bicyclic) bond motifs is 1. The summed E-state index contributed by atoms with van der Waals surface area (Å²) in [5, 5.41) is 10.4. The second kappa shape index (κ2) is 8.73. The molecule has 12 heteroatoms. The van der Waals surface area contributed by atoms with Crippen molar-refractivity contribution in [3.8, 4) is 34.2 Å². The number of aromatic nitrogens is 5. The Bertz CT molecular complexity index is 1560. The summed E-state index contributed by atoms with van der Waals surface area (Å²) < 4.78 is 18.1. The lowest BCUT2D eigenvalue weighted by Gasteiger charge is -2.16. The highest BCUT2D eigenvalue weighted by Gasteiger charge is 2.26. The van der Waals surface area contributed by atoms with E-state index >= 15 is 0 Å².